The Kier molecular flexibility index (Phi) is 20.2. The molecule has 0 bridgehead atoms. The zero-order valence-electron chi connectivity index (χ0n) is 42.6. The molecule has 6 nitrogen and oxygen atoms in total. The van der Waals surface area contributed by atoms with E-state index in [9.17, 15) is 0 Å². The van der Waals surface area contributed by atoms with E-state index in [2.05, 4.69) is 191 Å². The second kappa shape index (κ2) is 26.0. The summed E-state index contributed by atoms with van der Waals surface area (Å²) in [7, 11) is 0. The van der Waals surface area contributed by atoms with Crippen molar-refractivity contribution in [2.75, 3.05) is 0 Å². The molecule has 0 aliphatic carbocycles. The van der Waals surface area contributed by atoms with Gasteiger partial charge in [0, 0.05) is 52.6 Å². The zero-order chi connectivity index (χ0) is 50.8. The number of aromatic nitrogens is 2. The molecule has 10 rings (SSSR count). The standard InChI is InChI=1S/C29H24N.C26H18N.2C5H8O2.2Ir/c1-18-6-5-7-24(16-18)29-27-11-8-22-17-23(9-10-25(22)26(27)12-13-30-29)28-20(3)14-19(2)15-21(28)4;1-18-6-5-9-22(16-18)26-25-13-11-21-17-20(19-7-3-2-4-8-19)10-12-23(21)24(25)14-15-27-26;2*1-4(6)3-5(2)7;;/h5-6,8-17H,1-4H3;2-8,10-17H,1H3;2*3,6H,1-2H3;;/q2*-1;;;;/p+2. The molecule has 2 heterocycles. The molecule has 73 heavy (non-hydrogen) atoms. The Morgan fingerprint density at radius 3 is 1.27 bits per heavy atom. The summed E-state index contributed by atoms with van der Waals surface area (Å²) >= 11 is 0. The van der Waals surface area contributed by atoms with Crippen molar-refractivity contribution in [2.45, 2.75) is 62.3 Å². The molecule has 372 valence electrons. The molecule has 2 radical (unpaired) electrons. The largest absolute Gasteiger partial charge is 0.512 e. The van der Waals surface area contributed by atoms with Crippen LogP contribution in [-0.2, 0) is 40.2 Å². The van der Waals surface area contributed by atoms with Gasteiger partial charge in [-0.15, -0.1) is 70.8 Å². The van der Waals surface area contributed by atoms with Crippen LogP contribution in [0.5, 0.6) is 0 Å². The molecule has 0 aliphatic rings. The van der Waals surface area contributed by atoms with Gasteiger partial charge in [-0.05, 0) is 147 Å². The fourth-order valence-electron chi connectivity index (χ4n) is 9.06. The van der Waals surface area contributed by atoms with Crippen molar-refractivity contribution in [1.82, 2.24) is 9.97 Å². The third-order valence-electron chi connectivity index (χ3n) is 11.9. The quantitative estimate of drug-likeness (QED) is 0.0568. The van der Waals surface area contributed by atoms with Crippen LogP contribution in [0.15, 0.2) is 188 Å². The van der Waals surface area contributed by atoms with Crippen LogP contribution in [0.2, 0.25) is 0 Å². The van der Waals surface area contributed by atoms with Gasteiger partial charge in [0.25, 0.3) is 0 Å². The van der Waals surface area contributed by atoms with Gasteiger partial charge in [-0.25, -0.2) is 0 Å². The molecular formula is C65H60Ir2N2O4. The number of ketones is 2. The van der Waals surface area contributed by atoms with E-state index in [0.717, 1.165) is 22.5 Å². The van der Waals surface area contributed by atoms with Gasteiger partial charge < -0.3 is 20.2 Å². The van der Waals surface area contributed by atoms with Gasteiger partial charge in [-0.2, -0.15) is 0 Å². The Morgan fingerprint density at radius 2 is 0.863 bits per heavy atom. The number of benzene rings is 8. The fourth-order valence-corrected chi connectivity index (χ4v) is 9.06. The number of rotatable bonds is 6. The van der Waals surface area contributed by atoms with Crippen LogP contribution in [0.4, 0.5) is 0 Å². The zero-order valence-corrected chi connectivity index (χ0v) is 47.4. The molecule has 0 saturated carbocycles. The average molecular weight is 1320 g/mol. The molecule has 8 aromatic carbocycles. The Hall–Kier alpha value is -7.18. The number of fused-ring (bicyclic) bond motifs is 6. The number of aryl methyl sites for hydroxylation is 5. The number of aliphatic hydroxyl groups excluding tert-OH is 2. The van der Waals surface area contributed by atoms with Gasteiger partial charge in [0.15, 0.2) is 0 Å². The van der Waals surface area contributed by atoms with E-state index in [1.165, 1.54) is 133 Å². The van der Waals surface area contributed by atoms with E-state index in [1.54, 1.807) is 0 Å². The van der Waals surface area contributed by atoms with Gasteiger partial charge in [-0.3, -0.25) is 9.59 Å². The number of pyridine rings is 2. The minimum atomic E-state index is 0. The summed E-state index contributed by atoms with van der Waals surface area (Å²) in [6.07, 6.45) is 6.37. The normalized spacial score (nSPS) is 11.0. The molecule has 0 fully saturated rings. The molecule has 0 aliphatic heterocycles. The van der Waals surface area contributed by atoms with Gasteiger partial charge >= 0.3 is 11.6 Å². The number of hydrogen-bond donors (Lipinski definition) is 2. The van der Waals surface area contributed by atoms with Crippen molar-refractivity contribution >= 4 is 54.7 Å². The maximum absolute atomic E-state index is 8.40. The second-order valence-corrected chi connectivity index (χ2v) is 18.1. The molecule has 10 aromatic rings. The van der Waals surface area contributed by atoms with Crippen molar-refractivity contribution in [3.63, 3.8) is 0 Å². The van der Waals surface area contributed by atoms with Gasteiger partial charge in [-0.1, -0.05) is 110 Å². The van der Waals surface area contributed by atoms with E-state index in [4.69, 9.17) is 24.8 Å². The average Bonchev–Trinajstić information content (AvgIpc) is 3.33. The summed E-state index contributed by atoms with van der Waals surface area (Å²) < 4.78 is 0. The number of hydrogen-bond acceptors (Lipinski definition) is 4. The molecule has 0 amide bonds. The van der Waals surface area contributed by atoms with Crippen LogP contribution in [-0.4, -0.2) is 41.3 Å². The van der Waals surface area contributed by atoms with Crippen molar-refractivity contribution in [3.05, 3.63) is 228 Å². The van der Waals surface area contributed by atoms with E-state index >= 15 is 0 Å². The first kappa shape index (κ1) is 56.7. The maximum Gasteiger partial charge on any atom is 0.316 e. The third-order valence-corrected chi connectivity index (χ3v) is 11.9. The predicted molar refractivity (Wildman–Crippen MR) is 300 cm³/mol. The minimum Gasteiger partial charge on any atom is -0.512 e. The van der Waals surface area contributed by atoms with Crippen molar-refractivity contribution in [2.24, 2.45) is 0 Å². The van der Waals surface area contributed by atoms with Gasteiger partial charge in [0.05, 0.1) is 37.5 Å². The van der Waals surface area contributed by atoms with E-state index in [1.807, 2.05) is 24.5 Å². The number of nitrogens with zero attached hydrogens (tertiary/aromatic N) is 2. The van der Waals surface area contributed by atoms with Crippen molar-refractivity contribution in [3.8, 4) is 44.8 Å². The predicted octanol–water partition coefficient (Wildman–Crippen LogP) is 16.6. The molecule has 4 N–H and O–H groups in total. The number of carbonyl (C=O) groups excluding carboxylic acids is 2. The maximum atomic E-state index is 8.40. The summed E-state index contributed by atoms with van der Waals surface area (Å²) in [4.78, 5) is 26.2. The van der Waals surface area contributed by atoms with Crippen LogP contribution in [0.3, 0.4) is 0 Å². The molecule has 8 heteroatoms. The van der Waals surface area contributed by atoms with Crippen LogP contribution < -0.4 is 0 Å². The van der Waals surface area contributed by atoms with Gasteiger partial charge in [0.1, 0.15) is 0 Å². The summed E-state index contributed by atoms with van der Waals surface area (Å²) in [5, 5.41) is 26.6. The molecule has 0 spiro atoms. The van der Waals surface area contributed by atoms with Crippen LogP contribution >= 0.6 is 0 Å². The Morgan fingerprint density at radius 1 is 0.438 bits per heavy atom. The minimum absolute atomic E-state index is 0. The van der Waals surface area contributed by atoms with Crippen LogP contribution in [0.25, 0.3) is 87.9 Å². The molecule has 0 atom stereocenters. The fraction of sp³-hybridized carbons (Fsp3) is 0.138. The second-order valence-electron chi connectivity index (χ2n) is 18.1. The first-order valence-corrected chi connectivity index (χ1v) is 23.6. The van der Waals surface area contributed by atoms with Crippen molar-refractivity contribution in [1.29, 1.82) is 0 Å². The monoisotopic (exact) mass is 1320 g/mol. The Labute approximate surface area is 456 Å². The van der Waals surface area contributed by atoms with Crippen molar-refractivity contribution < 1.29 is 60.0 Å². The summed E-state index contributed by atoms with van der Waals surface area (Å²) in [5.74, 6) is 0.500. The molecule has 0 saturated heterocycles. The molecule has 0 unspecified atom stereocenters. The number of aliphatic hydroxyl groups is 2. The summed E-state index contributed by atoms with van der Waals surface area (Å²) in [5.41, 5.74) is 15.6. The topological polar surface area (TPSA) is 109 Å². The Balaban J connectivity index is 0.000000211. The smallest absolute Gasteiger partial charge is 0.316 e. The molecule has 2 aromatic heterocycles. The van der Waals surface area contributed by atoms with E-state index < -0.39 is 0 Å². The first-order valence-electron chi connectivity index (χ1n) is 23.6. The number of allylic oxidation sites excluding steroid dienone is 4. The van der Waals surface area contributed by atoms with E-state index in [0.29, 0.717) is 0 Å². The third kappa shape index (κ3) is 14.5. The summed E-state index contributed by atoms with van der Waals surface area (Å²) in [6, 6.07) is 60.7. The van der Waals surface area contributed by atoms with Crippen LogP contribution in [0.1, 0.15) is 55.5 Å². The Bertz CT molecular complexity index is 3600. The van der Waals surface area contributed by atoms with Crippen LogP contribution in [0, 0.1) is 46.8 Å². The SMILES string of the molecule is CC(=[OH+])C=C(C)O.CC(=[OH+])C=C(C)O.Cc1cc[c-]c(-c2nccc3c2ccc2cc(-c4c(C)cc(C)cc4C)ccc23)c1.Cc1cc[c-]c(-c2nccc3c2ccc2cc(-c4ccccc4)ccc23)c1.[Ir].[Ir]. The molecular weight excluding hydrogens is 1260 g/mol. The van der Waals surface area contributed by atoms with E-state index in [-0.39, 0.29) is 63.3 Å². The first-order chi connectivity index (χ1) is 34.1. The summed E-state index contributed by atoms with van der Waals surface area (Å²) in [6.45, 7) is 16.8. The van der Waals surface area contributed by atoms with Gasteiger partial charge in [0.2, 0.25) is 0 Å².